The second-order valence-corrected chi connectivity index (χ2v) is 6.40. The van der Waals surface area contributed by atoms with Gasteiger partial charge in [0.15, 0.2) is 0 Å². The summed E-state index contributed by atoms with van der Waals surface area (Å²) in [6.45, 7) is 4.08. The molecule has 0 aliphatic rings. The molecule has 3 N–H and O–H groups in total. The number of aromatic nitrogens is 2. The number of imidazole rings is 1. The van der Waals surface area contributed by atoms with Gasteiger partial charge in [-0.3, -0.25) is 10.1 Å². The van der Waals surface area contributed by atoms with E-state index in [1.165, 1.54) is 0 Å². The lowest BCUT2D eigenvalue weighted by Crippen LogP contribution is -2.22. The van der Waals surface area contributed by atoms with Gasteiger partial charge in [-0.1, -0.05) is 42.5 Å². The monoisotopic (exact) mass is 366 g/mol. The molecule has 142 valence electrons. The van der Waals surface area contributed by atoms with Crippen LogP contribution in [0.5, 0.6) is 0 Å². The van der Waals surface area contributed by atoms with Gasteiger partial charge in [-0.05, 0) is 31.0 Å². The number of ether oxygens (including phenoxy) is 1. The third-order valence-corrected chi connectivity index (χ3v) is 4.41. The number of anilines is 1. The highest BCUT2D eigenvalue weighted by atomic mass is 16.5. The van der Waals surface area contributed by atoms with Crippen LogP contribution in [-0.2, 0) is 16.1 Å². The molecule has 0 saturated carbocycles. The van der Waals surface area contributed by atoms with Gasteiger partial charge in [0.1, 0.15) is 0 Å². The summed E-state index contributed by atoms with van der Waals surface area (Å²) in [6, 6.07) is 17.2. The Kier molecular flexibility index (Phi) is 6.57. The minimum Gasteiger partial charge on any atom is -0.382 e. The average molecular weight is 366 g/mol. The van der Waals surface area contributed by atoms with E-state index in [-0.39, 0.29) is 18.4 Å². The highest BCUT2D eigenvalue weighted by Crippen LogP contribution is 2.21. The van der Waals surface area contributed by atoms with Crippen molar-refractivity contribution in [3.63, 3.8) is 0 Å². The number of carbonyl (C=O) groups excluding carboxylic acids is 1. The lowest BCUT2D eigenvalue weighted by Gasteiger charge is -2.13. The topological polar surface area (TPSA) is 82.2 Å². The second-order valence-electron chi connectivity index (χ2n) is 6.40. The Labute approximate surface area is 159 Å². The molecule has 1 amide bonds. The Morgan fingerprint density at radius 3 is 2.70 bits per heavy atom. The van der Waals surface area contributed by atoms with Crippen molar-refractivity contribution >= 4 is 22.9 Å². The van der Waals surface area contributed by atoms with Gasteiger partial charge in [-0.15, -0.1) is 0 Å². The van der Waals surface area contributed by atoms with E-state index in [2.05, 4.69) is 10.3 Å². The molecule has 1 unspecified atom stereocenters. The third kappa shape index (κ3) is 4.93. The first-order valence-electron chi connectivity index (χ1n) is 9.32. The van der Waals surface area contributed by atoms with Gasteiger partial charge in [0.05, 0.1) is 11.0 Å². The number of hydrogen-bond acceptors (Lipinski definition) is 4. The molecule has 0 aliphatic heterocycles. The Balaban J connectivity index is 1.72. The number of aryl methyl sites for hydroxylation is 1. The molecule has 2 aromatic carbocycles. The fourth-order valence-electron chi connectivity index (χ4n) is 3.06. The number of nitrogens with two attached hydrogens (primary N) is 1. The first kappa shape index (κ1) is 19.1. The van der Waals surface area contributed by atoms with E-state index in [0.717, 1.165) is 29.6 Å². The average Bonchev–Trinajstić information content (AvgIpc) is 3.03. The van der Waals surface area contributed by atoms with Crippen molar-refractivity contribution in [2.75, 3.05) is 18.5 Å². The lowest BCUT2D eigenvalue weighted by atomic mass is 10.0. The van der Waals surface area contributed by atoms with Crippen LogP contribution >= 0.6 is 0 Å². The first-order valence-corrected chi connectivity index (χ1v) is 9.32. The molecule has 0 spiro atoms. The largest absolute Gasteiger partial charge is 0.382 e. The van der Waals surface area contributed by atoms with Gasteiger partial charge in [0, 0.05) is 32.2 Å². The standard InChI is InChI=1S/C21H26N4O2/c1-2-27-14-8-13-25-19-12-7-6-11-18(19)23-21(25)24-20(26)15-17(22)16-9-4-3-5-10-16/h3-7,9-12,17H,2,8,13-15,22H2,1H3,(H,23,24,26). The smallest absolute Gasteiger partial charge is 0.228 e. The number of nitrogens with zero attached hydrogens (tertiary/aromatic N) is 2. The summed E-state index contributed by atoms with van der Waals surface area (Å²) < 4.78 is 7.46. The molecule has 27 heavy (non-hydrogen) atoms. The number of carbonyl (C=O) groups is 1. The first-order chi connectivity index (χ1) is 13.2. The van der Waals surface area contributed by atoms with E-state index in [9.17, 15) is 4.79 Å². The summed E-state index contributed by atoms with van der Waals surface area (Å²) in [5.74, 6) is 0.408. The van der Waals surface area contributed by atoms with Crippen LogP contribution in [0.3, 0.4) is 0 Å². The van der Waals surface area contributed by atoms with Crippen LogP contribution in [0, 0.1) is 0 Å². The Morgan fingerprint density at radius 1 is 1.19 bits per heavy atom. The maximum absolute atomic E-state index is 12.5. The molecule has 0 bridgehead atoms. The van der Waals surface area contributed by atoms with Crippen molar-refractivity contribution in [3.05, 3.63) is 60.2 Å². The zero-order valence-corrected chi connectivity index (χ0v) is 15.6. The van der Waals surface area contributed by atoms with E-state index < -0.39 is 0 Å². The van der Waals surface area contributed by atoms with Crippen molar-refractivity contribution in [1.29, 1.82) is 0 Å². The molecule has 1 heterocycles. The van der Waals surface area contributed by atoms with Crippen molar-refractivity contribution < 1.29 is 9.53 Å². The Bertz CT molecular complexity index is 876. The summed E-state index contributed by atoms with van der Waals surface area (Å²) in [7, 11) is 0. The molecule has 3 aromatic rings. The predicted octanol–water partition coefficient (Wildman–Crippen LogP) is 3.49. The summed E-state index contributed by atoms with van der Waals surface area (Å²) in [6.07, 6.45) is 1.05. The number of nitrogens with one attached hydrogen (secondary N) is 1. The minimum atomic E-state index is -0.345. The number of rotatable bonds is 9. The molecule has 1 atom stereocenters. The van der Waals surface area contributed by atoms with Crippen LogP contribution < -0.4 is 11.1 Å². The number of hydrogen-bond donors (Lipinski definition) is 2. The molecular formula is C21H26N4O2. The SMILES string of the molecule is CCOCCCn1c(NC(=O)CC(N)c2ccccc2)nc2ccccc21. The minimum absolute atomic E-state index is 0.146. The van der Waals surface area contributed by atoms with Crippen LogP contribution in [-0.4, -0.2) is 28.7 Å². The number of amides is 1. The Morgan fingerprint density at radius 2 is 1.93 bits per heavy atom. The molecule has 3 rings (SSSR count). The van der Waals surface area contributed by atoms with Crippen molar-refractivity contribution in [3.8, 4) is 0 Å². The van der Waals surface area contributed by atoms with Crippen molar-refractivity contribution in [2.45, 2.75) is 32.4 Å². The van der Waals surface area contributed by atoms with Crippen molar-refractivity contribution in [1.82, 2.24) is 9.55 Å². The summed E-state index contributed by atoms with van der Waals surface area (Å²) in [5.41, 5.74) is 8.97. The van der Waals surface area contributed by atoms with E-state index in [4.69, 9.17) is 10.5 Å². The molecule has 0 radical (unpaired) electrons. The predicted molar refractivity (Wildman–Crippen MR) is 107 cm³/mol. The van der Waals surface area contributed by atoms with E-state index in [0.29, 0.717) is 19.2 Å². The molecule has 1 aromatic heterocycles. The quantitative estimate of drug-likeness (QED) is 0.568. The van der Waals surface area contributed by atoms with Gasteiger partial charge in [0.2, 0.25) is 11.9 Å². The maximum Gasteiger partial charge on any atom is 0.228 e. The van der Waals surface area contributed by atoms with Gasteiger partial charge in [-0.2, -0.15) is 0 Å². The zero-order valence-electron chi connectivity index (χ0n) is 15.6. The normalized spacial score (nSPS) is 12.2. The van der Waals surface area contributed by atoms with E-state index in [1.807, 2.05) is 66.1 Å². The molecule has 6 nitrogen and oxygen atoms in total. The highest BCUT2D eigenvalue weighted by Gasteiger charge is 2.16. The highest BCUT2D eigenvalue weighted by molar-refractivity contribution is 5.92. The molecule has 0 saturated heterocycles. The van der Waals surface area contributed by atoms with E-state index >= 15 is 0 Å². The fourth-order valence-corrected chi connectivity index (χ4v) is 3.06. The van der Waals surface area contributed by atoms with Gasteiger partial charge in [-0.25, -0.2) is 4.98 Å². The maximum atomic E-state index is 12.5. The summed E-state index contributed by atoms with van der Waals surface area (Å²) >= 11 is 0. The van der Waals surface area contributed by atoms with Crippen LogP contribution in [0.25, 0.3) is 11.0 Å². The Hall–Kier alpha value is -2.70. The van der Waals surface area contributed by atoms with Crippen LogP contribution in [0.1, 0.15) is 31.4 Å². The molecule has 6 heteroatoms. The molecule has 0 aliphatic carbocycles. The van der Waals surface area contributed by atoms with Crippen LogP contribution in [0.4, 0.5) is 5.95 Å². The number of para-hydroxylation sites is 2. The molecular weight excluding hydrogens is 340 g/mol. The number of benzene rings is 2. The van der Waals surface area contributed by atoms with E-state index in [1.54, 1.807) is 0 Å². The van der Waals surface area contributed by atoms with Gasteiger partial charge in [0.25, 0.3) is 0 Å². The third-order valence-electron chi connectivity index (χ3n) is 4.41. The fraction of sp³-hybridized carbons (Fsp3) is 0.333. The van der Waals surface area contributed by atoms with Crippen LogP contribution in [0.2, 0.25) is 0 Å². The summed E-state index contributed by atoms with van der Waals surface area (Å²) in [4.78, 5) is 17.1. The molecule has 0 fully saturated rings. The summed E-state index contributed by atoms with van der Waals surface area (Å²) in [5, 5.41) is 2.93. The number of fused-ring (bicyclic) bond motifs is 1. The second kappa shape index (κ2) is 9.30. The lowest BCUT2D eigenvalue weighted by molar-refractivity contribution is -0.116. The zero-order chi connectivity index (χ0) is 19.1. The van der Waals surface area contributed by atoms with Gasteiger partial charge >= 0.3 is 0 Å². The van der Waals surface area contributed by atoms with Gasteiger partial charge < -0.3 is 15.0 Å². The van der Waals surface area contributed by atoms with Crippen LogP contribution in [0.15, 0.2) is 54.6 Å². The van der Waals surface area contributed by atoms with Crippen molar-refractivity contribution in [2.24, 2.45) is 5.73 Å².